The molecule has 2 rings (SSSR count). The van der Waals surface area contributed by atoms with Gasteiger partial charge in [0, 0.05) is 18.2 Å². The number of aryl methyl sites for hydroxylation is 1. The molecule has 1 atom stereocenters. The van der Waals surface area contributed by atoms with Crippen LogP contribution < -0.4 is 10.2 Å². The predicted molar refractivity (Wildman–Crippen MR) is 65.9 cm³/mol. The Balaban J connectivity index is 2.25. The lowest BCUT2D eigenvalue weighted by Crippen LogP contribution is -2.54. The Morgan fingerprint density at radius 3 is 2.47 bits per heavy atom. The standard InChI is InChI=1S/C13H16N2O2/c1-3-10-4-6-11(7-5-10)15-9(2)8-12(16)14-13(15)17/h4-7,9H,3,8H2,1-2H3,(H,14,16,17). The van der Waals surface area contributed by atoms with Gasteiger partial charge in [-0.1, -0.05) is 19.1 Å². The molecule has 1 unspecified atom stereocenters. The van der Waals surface area contributed by atoms with Crippen molar-refractivity contribution < 1.29 is 9.59 Å². The fourth-order valence-electron chi connectivity index (χ4n) is 2.05. The van der Waals surface area contributed by atoms with Crippen molar-refractivity contribution in [2.24, 2.45) is 0 Å². The molecule has 1 heterocycles. The van der Waals surface area contributed by atoms with Crippen LogP contribution in [0.15, 0.2) is 24.3 Å². The van der Waals surface area contributed by atoms with Gasteiger partial charge in [0.1, 0.15) is 0 Å². The molecule has 17 heavy (non-hydrogen) atoms. The van der Waals surface area contributed by atoms with Gasteiger partial charge in [0.05, 0.1) is 0 Å². The van der Waals surface area contributed by atoms with Crippen molar-refractivity contribution in [3.63, 3.8) is 0 Å². The van der Waals surface area contributed by atoms with Crippen molar-refractivity contribution >= 4 is 17.6 Å². The Hall–Kier alpha value is -1.84. The summed E-state index contributed by atoms with van der Waals surface area (Å²) >= 11 is 0. The molecule has 4 heteroatoms. The molecule has 0 aromatic heterocycles. The SMILES string of the molecule is CCc1ccc(N2C(=O)NC(=O)CC2C)cc1. The van der Waals surface area contributed by atoms with Gasteiger partial charge < -0.3 is 0 Å². The summed E-state index contributed by atoms with van der Waals surface area (Å²) < 4.78 is 0. The first-order chi connectivity index (χ1) is 8.11. The van der Waals surface area contributed by atoms with E-state index < -0.39 is 0 Å². The summed E-state index contributed by atoms with van der Waals surface area (Å²) in [4.78, 5) is 24.6. The average molecular weight is 232 g/mol. The second kappa shape index (κ2) is 4.57. The molecule has 1 N–H and O–H groups in total. The van der Waals surface area contributed by atoms with Crippen LogP contribution >= 0.6 is 0 Å². The maximum Gasteiger partial charge on any atom is 0.328 e. The third-order valence-electron chi connectivity index (χ3n) is 3.01. The van der Waals surface area contributed by atoms with E-state index in [0.717, 1.165) is 12.1 Å². The highest BCUT2D eigenvalue weighted by Crippen LogP contribution is 2.22. The number of benzene rings is 1. The number of anilines is 1. The van der Waals surface area contributed by atoms with E-state index in [1.54, 1.807) is 4.90 Å². The summed E-state index contributed by atoms with van der Waals surface area (Å²) in [5, 5.41) is 2.33. The molecule has 3 amide bonds. The molecule has 0 spiro atoms. The van der Waals surface area contributed by atoms with E-state index in [0.29, 0.717) is 6.42 Å². The van der Waals surface area contributed by atoms with Crippen LogP contribution in [0.25, 0.3) is 0 Å². The molecule has 0 radical (unpaired) electrons. The first kappa shape index (κ1) is 11.6. The Labute approximate surface area is 101 Å². The molecule has 1 aliphatic rings. The van der Waals surface area contributed by atoms with E-state index >= 15 is 0 Å². The van der Waals surface area contributed by atoms with Crippen LogP contribution in [0.3, 0.4) is 0 Å². The van der Waals surface area contributed by atoms with Crippen LogP contribution in [0.5, 0.6) is 0 Å². The molecule has 90 valence electrons. The molecule has 4 nitrogen and oxygen atoms in total. The van der Waals surface area contributed by atoms with Crippen molar-refractivity contribution in [2.75, 3.05) is 4.90 Å². The van der Waals surface area contributed by atoms with Crippen LogP contribution in [0, 0.1) is 0 Å². The minimum Gasteiger partial charge on any atom is -0.291 e. The van der Waals surface area contributed by atoms with E-state index in [1.165, 1.54) is 5.56 Å². The fraction of sp³-hybridized carbons (Fsp3) is 0.385. The molecule has 1 saturated heterocycles. The van der Waals surface area contributed by atoms with Gasteiger partial charge in [-0.15, -0.1) is 0 Å². The van der Waals surface area contributed by atoms with Gasteiger partial charge in [-0.05, 0) is 31.0 Å². The molecule has 0 bridgehead atoms. The van der Waals surface area contributed by atoms with E-state index in [-0.39, 0.29) is 18.0 Å². The third kappa shape index (κ3) is 2.30. The molecule has 1 fully saturated rings. The minimum atomic E-state index is -0.335. The van der Waals surface area contributed by atoms with E-state index in [2.05, 4.69) is 12.2 Å². The summed E-state index contributed by atoms with van der Waals surface area (Å²) in [6.45, 7) is 3.97. The number of urea groups is 1. The van der Waals surface area contributed by atoms with Crippen molar-refractivity contribution in [1.29, 1.82) is 0 Å². The smallest absolute Gasteiger partial charge is 0.291 e. The second-order valence-electron chi connectivity index (χ2n) is 4.30. The number of nitrogens with zero attached hydrogens (tertiary/aromatic N) is 1. The fourth-order valence-corrected chi connectivity index (χ4v) is 2.05. The number of rotatable bonds is 2. The summed E-state index contributed by atoms with van der Waals surface area (Å²) in [5.74, 6) is -0.205. The average Bonchev–Trinajstić information content (AvgIpc) is 2.28. The summed E-state index contributed by atoms with van der Waals surface area (Å²) in [6.07, 6.45) is 1.32. The van der Waals surface area contributed by atoms with Gasteiger partial charge in [0.2, 0.25) is 5.91 Å². The van der Waals surface area contributed by atoms with Gasteiger partial charge in [0.15, 0.2) is 0 Å². The van der Waals surface area contributed by atoms with E-state index in [9.17, 15) is 9.59 Å². The number of carbonyl (C=O) groups is 2. The van der Waals surface area contributed by atoms with Gasteiger partial charge >= 0.3 is 6.03 Å². The first-order valence-electron chi connectivity index (χ1n) is 5.83. The summed E-state index contributed by atoms with van der Waals surface area (Å²) in [7, 11) is 0. The maximum atomic E-state index is 11.8. The molecule has 0 saturated carbocycles. The molecule has 0 aliphatic carbocycles. The Morgan fingerprint density at radius 2 is 1.94 bits per heavy atom. The zero-order valence-electron chi connectivity index (χ0n) is 10.1. The maximum absolute atomic E-state index is 11.8. The quantitative estimate of drug-likeness (QED) is 0.848. The van der Waals surface area contributed by atoms with Crippen LogP contribution in [0.2, 0.25) is 0 Å². The number of nitrogens with one attached hydrogen (secondary N) is 1. The van der Waals surface area contributed by atoms with Crippen molar-refractivity contribution in [3.05, 3.63) is 29.8 Å². The number of hydrogen-bond acceptors (Lipinski definition) is 2. The normalized spacial score (nSPS) is 20.4. The Morgan fingerprint density at radius 1 is 1.29 bits per heavy atom. The highest BCUT2D eigenvalue weighted by atomic mass is 16.2. The zero-order valence-corrected chi connectivity index (χ0v) is 10.1. The molecular formula is C13H16N2O2. The van der Waals surface area contributed by atoms with Crippen LogP contribution in [-0.2, 0) is 11.2 Å². The number of hydrogen-bond donors (Lipinski definition) is 1. The largest absolute Gasteiger partial charge is 0.328 e. The predicted octanol–water partition coefficient (Wildman–Crippen LogP) is 2.08. The molecule has 1 aromatic carbocycles. The highest BCUT2D eigenvalue weighted by molar-refractivity contribution is 6.06. The molecule has 1 aromatic rings. The van der Waals surface area contributed by atoms with Crippen LogP contribution in [0.1, 0.15) is 25.8 Å². The minimum absolute atomic E-state index is 0.0938. The van der Waals surface area contributed by atoms with Crippen molar-refractivity contribution in [3.8, 4) is 0 Å². The summed E-state index contributed by atoms with van der Waals surface area (Å²) in [5.41, 5.74) is 2.06. The van der Waals surface area contributed by atoms with Gasteiger partial charge in [-0.2, -0.15) is 0 Å². The zero-order chi connectivity index (χ0) is 12.4. The molecule has 1 aliphatic heterocycles. The third-order valence-corrected chi connectivity index (χ3v) is 3.01. The van der Waals surface area contributed by atoms with Gasteiger partial charge in [0.25, 0.3) is 0 Å². The Bertz CT molecular complexity index is 439. The van der Waals surface area contributed by atoms with Crippen molar-refractivity contribution in [1.82, 2.24) is 5.32 Å². The van der Waals surface area contributed by atoms with E-state index in [4.69, 9.17) is 0 Å². The lowest BCUT2D eigenvalue weighted by atomic mass is 10.1. The second-order valence-corrected chi connectivity index (χ2v) is 4.30. The number of amides is 3. The first-order valence-corrected chi connectivity index (χ1v) is 5.83. The Kier molecular flexibility index (Phi) is 3.13. The van der Waals surface area contributed by atoms with Crippen LogP contribution in [-0.4, -0.2) is 18.0 Å². The topological polar surface area (TPSA) is 49.4 Å². The lowest BCUT2D eigenvalue weighted by molar-refractivity contribution is -0.120. The summed E-state index contributed by atoms with van der Waals surface area (Å²) in [6, 6.07) is 7.43. The van der Waals surface area contributed by atoms with E-state index in [1.807, 2.05) is 31.2 Å². The monoisotopic (exact) mass is 232 g/mol. The van der Waals surface area contributed by atoms with Crippen LogP contribution in [0.4, 0.5) is 10.5 Å². The number of imide groups is 1. The highest BCUT2D eigenvalue weighted by Gasteiger charge is 2.30. The molecular weight excluding hydrogens is 216 g/mol. The lowest BCUT2D eigenvalue weighted by Gasteiger charge is -2.32. The van der Waals surface area contributed by atoms with Gasteiger partial charge in [-0.3, -0.25) is 15.0 Å². The van der Waals surface area contributed by atoms with Gasteiger partial charge in [-0.25, -0.2) is 4.79 Å². The number of carbonyl (C=O) groups excluding carboxylic acids is 2. The van der Waals surface area contributed by atoms with Crippen molar-refractivity contribution in [2.45, 2.75) is 32.7 Å².